The second-order valence-corrected chi connectivity index (χ2v) is 9.22. The molecule has 0 atom stereocenters. The van der Waals surface area contributed by atoms with Crippen LogP contribution in [0.2, 0.25) is 0 Å². The molecular weight excluding hydrogens is 392 g/mol. The summed E-state index contributed by atoms with van der Waals surface area (Å²) in [5.74, 6) is 1.85. The number of anilines is 2. The van der Waals surface area contributed by atoms with E-state index in [2.05, 4.69) is 20.8 Å². The molecule has 2 N–H and O–H groups in total. The Balaban J connectivity index is 1.51. The van der Waals surface area contributed by atoms with Gasteiger partial charge in [-0.15, -0.1) is 10.2 Å². The predicted octanol–water partition coefficient (Wildman–Crippen LogP) is 5.08. The van der Waals surface area contributed by atoms with Crippen molar-refractivity contribution in [3.63, 3.8) is 0 Å². The summed E-state index contributed by atoms with van der Waals surface area (Å²) in [6, 6.07) is 17.3. The van der Waals surface area contributed by atoms with Crippen LogP contribution in [0, 0.1) is 0 Å². The van der Waals surface area contributed by atoms with Crippen LogP contribution in [0.25, 0.3) is 0 Å². The highest BCUT2D eigenvalue weighted by Crippen LogP contribution is 2.29. The molecule has 2 aromatic carbocycles. The Morgan fingerprint density at radius 2 is 1.71 bits per heavy atom. The summed E-state index contributed by atoms with van der Waals surface area (Å²) in [5, 5.41) is 15.1. The second kappa shape index (κ2) is 9.07. The Kier molecular flexibility index (Phi) is 6.53. The van der Waals surface area contributed by atoms with Crippen molar-refractivity contribution in [1.82, 2.24) is 15.5 Å². The SMILES string of the molecule is CC(C)(C)NC(=O)CSc1nnc(Nc2ccc(Oc3ccccc3)cc2)s1. The van der Waals surface area contributed by atoms with E-state index in [4.69, 9.17) is 4.74 Å². The molecule has 0 saturated carbocycles. The number of nitrogens with one attached hydrogen (secondary N) is 2. The van der Waals surface area contributed by atoms with Crippen molar-refractivity contribution < 1.29 is 9.53 Å². The Labute approximate surface area is 172 Å². The molecule has 0 aliphatic carbocycles. The quantitative estimate of drug-likeness (QED) is 0.525. The van der Waals surface area contributed by atoms with Crippen molar-refractivity contribution in [3.8, 4) is 11.5 Å². The number of ether oxygens (including phenoxy) is 1. The number of aromatic nitrogens is 2. The molecule has 1 heterocycles. The van der Waals surface area contributed by atoms with E-state index in [1.807, 2.05) is 75.4 Å². The summed E-state index contributed by atoms with van der Waals surface area (Å²) in [7, 11) is 0. The maximum absolute atomic E-state index is 11.9. The molecule has 0 bridgehead atoms. The van der Waals surface area contributed by atoms with E-state index in [-0.39, 0.29) is 11.4 Å². The normalized spacial score (nSPS) is 11.1. The highest BCUT2D eigenvalue weighted by atomic mass is 32.2. The molecule has 0 fully saturated rings. The fourth-order valence-electron chi connectivity index (χ4n) is 2.25. The van der Waals surface area contributed by atoms with Gasteiger partial charge in [-0.05, 0) is 57.2 Å². The number of carbonyl (C=O) groups is 1. The number of hydrogen-bond donors (Lipinski definition) is 2. The van der Waals surface area contributed by atoms with Gasteiger partial charge < -0.3 is 15.4 Å². The molecule has 0 aliphatic rings. The lowest BCUT2D eigenvalue weighted by molar-refractivity contribution is -0.119. The number of thioether (sulfide) groups is 1. The number of para-hydroxylation sites is 1. The third-order valence-corrected chi connectivity index (χ3v) is 5.30. The maximum atomic E-state index is 11.9. The fourth-order valence-corrected chi connectivity index (χ4v) is 3.83. The summed E-state index contributed by atoms with van der Waals surface area (Å²) >= 11 is 2.79. The third-order valence-electron chi connectivity index (χ3n) is 3.33. The van der Waals surface area contributed by atoms with E-state index in [1.165, 1.54) is 23.1 Å². The van der Waals surface area contributed by atoms with Crippen LogP contribution in [0.1, 0.15) is 20.8 Å². The molecule has 0 aliphatic heterocycles. The number of amides is 1. The Hall–Kier alpha value is -2.58. The van der Waals surface area contributed by atoms with Gasteiger partial charge in [-0.1, -0.05) is 41.3 Å². The van der Waals surface area contributed by atoms with Crippen LogP contribution in [-0.4, -0.2) is 27.4 Å². The molecule has 146 valence electrons. The third kappa shape index (κ3) is 6.54. The zero-order chi connectivity index (χ0) is 20.0. The first kappa shape index (κ1) is 20.2. The molecule has 1 aromatic heterocycles. The van der Waals surface area contributed by atoms with Gasteiger partial charge >= 0.3 is 0 Å². The van der Waals surface area contributed by atoms with Gasteiger partial charge in [-0.25, -0.2) is 0 Å². The molecule has 28 heavy (non-hydrogen) atoms. The van der Waals surface area contributed by atoms with E-state index in [1.54, 1.807) is 0 Å². The van der Waals surface area contributed by atoms with Crippen LogP contribution >= 0.6 is 23.1 Å². The van der Waals surface area contributed by atoms with E-state index in [0.29, 0.717) is 10.9 Å². The van der Waals surface area contributed by atoms with Crippen molar-refractivity contribution in [2.24, 2.45) is 0 Å². The van der Waals surface area contributed by atoms with Gasteiger partial charge in [0.1, 0.15) is 11.5 Å². The zero-order valence-electron chi connectivity index (χ0n) is 15.9. The molecule has 8 heteroatoms. The summed E-state index contributed by atoms with van der Waals surface area (Å²) < 4.78 is 6.53. The van der Waals surface area contributed by atoms with E-state index in [0.717, 1.165) is 21.5 Å². The van der Waals surface area contributed by atoms with Gasteiger partial charge in [0.15, 0.2) is 4.34 Å². The first-order chi connectivity index (χ1) is 13.4. The summed E-state index contributed by atoms with van der Waals surface area (Å²) in [6.07, 6.45) is 0. The lowest BCUT2D eigenvalue weighted by Crippen LogP contribution is -2.41. The van der Waals surface area contributed by atoms with Crippen molar-refractivity contribution in [3.05, 3.63) is 54.6 Å². The maximum Gasteiger partial charge on any atom is 0.230 e. The first-order valence-electron chi connectivity index (χ1n) is 8.75. The standard InChI is InChI=1S/C20H22N4O2S2/c1-20(2,3)22-17(25)13-27-19-24-23-18(28-19)21-14-9-11-16(12-10-14)26-15-7-5-4-6-8-15/h4-12H,13H2,1-3H3,(H,21,23)(H,22,25). The fraction of sp³-hybridized carbons (Fsp3) is 0.250. The predicted molar refractivity (Wildman–Crippen MR) is 115 cm³/mol. The van der Waals surface area contributed by atoms with Crippen LogP contribution in [-0.2, 0) is 4.79 Å². The van der Waals surface area contributed by atoms with Crippen LogP contribution in [0.3, 0.4) is 0 Å². The van der Waals surface area contributed by atoms with Gasteiger partial charge in [-0.2, -0.15) is 0 Å². The van der Waals surface area contributed by atoms with E-state index >= 15 is 0 Å². The Morgan fingerprint density at radius 3 is 2.39 bits per heavy atom. The number of carbonyl (C=O) groups excluding carboxylic acids is 1. The minimum Gasteiger partial charge on any atom is -0.457 e. The number of hydrogen-bond acceptors (Lipinski definition) is 7. The summed E-state index contributed by atoms with van der Waals surface area (Å²) in [5.41, 5.74) is 0.653. The average molecular weight is 415 g/mol. The first-order valence-corrected chi connectivity index (χ1v) is 10.5. The highest BCUT2D eigenvalue weighted by molar-refractivity contribution is 8.01. The molecule has 3 rings (SSSR count). The van der Waals surface area contributed by atoms with Crippen molar-refractivity contribution in [1.29, 1.82) is 0 Å². The van der Waals surface area contributed by atoms with Crippen LogP contribution in [0.5, 0.6) is 11.5 Å². The average Bonchev–Trinajstić information content (AvgIpc) is 3.09. The minimum atomic E-state index is -0.234. The lowest BCUT2D eigenvalue weighted by atomic mass is 10.1. The molecule has 1 amide bonds. The van der Waals surface area contributed by atoms with Crippen molar-refractivity contribution >= 4 is 39.8 Å². The molecule has 0 spiro atoms. The topological polar surface area (TPSA) is 76.1 Å². The van der Waals surface area contributed by atoms with Crippen molar-refractivity contribution in [2.75, 3.05) is 11.1 Å². The Morgan fingerprint density at radius 1 is 1.04 bits per heavy atom. The van der Waals surface area contributed by atoms with Gasteiger partial charge in [0.2, 0.25) is 11.0 Å². The van der Waals surface area contributed by atoms with Crippen LogP contribution < -0.4 is 15.4 Å². The largest absolute Gasteiger partial charge is 0.457 e. The summed E-state index contributed by atoms with van der Waals surface area (Å²) in [4.78, 5) is 11.9. The molecule has 0 radical (unpaired) electrons. The summed E-state index contributed by atoms with van der Waals surface area (Å²) in [6.45, 7) is 5.87. The van der Waals surface area contributed by atoms with E-state index in [9.17, 15) is 4.79 Å². The second-order valence-electron chi connectivity index (χ2n) is 7.02. The smallest absolute Gasteiger partial charge is 0.230 e. The number of benzene rings is 2. The van der Waals surface area contributed by atoms with Gasteiger partial charge in [0, 0.05) is 11.2 Å². The Bertz CT molecular complexity index is 906. The van der Waals surface area contributed by atoms with E-state index < -0.39 is 0 Å². The molecule has 0 unspecified atom stereocenters. The van der Waals surface area contributed by atoms with Gasteiger partial charge in [0.05, 0.1) is 5.75 Å². The molecular formula is C20H22N4O2S2. The van der Waals surface area contributed by atoms with Crippen LogP contribution in [0.15, 0.2) is 58.9 Å². The molecule has 3 aromatic rings. The molecule has 6 nitrogen and oxygen atoms in total. The van der Waals surface area contributed by atoms with Crippen molar-refractivity contribution in [2.45, 2.75) is 30.6 Å². The van der Waals surface area contributed by atoms with Gasteiger partial charge in [0.25, 0.3) is 0 Å². The monoisotopic (exact) mass is 414 g/mol. The minimum absolute atomic E-state index is 0.0174. The number of nitrogens with zero attached hydrogens (tertiary/aromatic N) is 2. The zero-order valence-corrected chi connectivity index (χ0v) is 17.6. The van der Waals surface area contributed by atoms with Gasteiger partial charge in [-0.3, -0.25) is 4.79 Å². The number of rotatable bonds is 7. The highest BCUT2D eigenvalue weighted by Gasteiger charge is 2.15. The molecule has 0 saturated heterocycles. The lowest BCUT2D eigenvalue weighted by Gasteiger charge is -2.19. The van der Waals surface area contributed by atoms with Crippen LogP contribution in [0.4, 0.5) is 10.8 Å².